The molecule has 2 heterocycles. The molecule has 0 radical (unpaired) electrons. The van der Waals surface area contributed by atoms with Gasteiger partial charge in [-0.25, -0.2) is 4.39 Å². The van der Waals surface area contributed by atoms with Crippen LogP contribution in [0.1, 0.15) is 49.9 Å². The van der Waals surface area contributed by atoms with E-state index in [9.17, 15) is 14.0 Å². The van der Waals surface area contributed by atoms with Crippen LogP contribution in [0.15, 0.2) is 36.0 Å². The lowest BCUT2D eigenvalue weighted by Crippen LogP contribution is -2.42. The van der Waals surface area contributed by atoms with Gasteiger partial charge in [0.25, 0.3) is 0 Å². The molecule has 176 valence electrons. The molecule has 0 N–H and O–H groups in total. The largest absolute Gasteiger partial charge is 0.466 e. The van der Waals surface area contributed by atoms with Gasteiger partial charge in [-0.15, -0.1) is 5.10 Å². The summed E-state index contributed by atoms with van der Waals surface area (Å²) in [4.78, 5) is 26.8. The number of benzene rings is 1. The van der Waals surface area contributed by atoms with Crippen molar-refractivity contribution < 1.29 is 18.7 Å². The minimum absolute atomic E-state index is 0.0169. The van der Waals surface area contributed by atoms with E-state index in [2.05, 4.69) is 15.2 Å². The quantitative estimate of drug-likeness (QED) is 0.445. The Hall–Kier alpha value is -2.52. The minimum atomic E-state index is -0.594. The smallest absolute Gasteiger partial charge is 0.307 e. The molecule has 0 amide bonds. The number of rotatable bonds is 9. The first-order valence-corrected chi connectivity index (χ1v) is 11.9. The van der Waals surface area contributed by atoms with Crippen molar-refractivity contribution in [2.75, 3.05) is 19.7 Å². The predicted octanol–water partition coefficient (Wildman–Crippen LogP) is 3.48. The second-order valence-corrected chi connectivity index (χ2v) is 9.18. The molecule has 4 rings (SSSR count). The Balaban J connectivity index is 1.51. The summed E-state index contributed by atoms with van der Waals surface area (Å²) in [6.45, 7) is 3.67. The van der Waals surface area contributed by atoms with Gasteiger partial charge in [-0.05, 0) is 43.9 Å². The molecule has 0 bridgehead atoms. The van der Waals surface area contributed by atoms with E-state index >= 15 is 0 Å². The molecule has 2 fully saturated rings. The maximum absolute atomic E-state index is 14.7. The van der Waals surface area contributed by atoms with Crippen molar-refractivity contribution in [3.05, 3.63) is 53.1 Å². The number of nitrogens with zero attached hydrogens (tertiary/aromatic N) is 4. The predicted molar refractivity (Wildman–Crippen MR) is 125 cm³/mol. The fraction of sp³-hybridized carbons (Fsp3) is 0.500. The van der Waals surface area contributed by atoms with E-state index in [1.165, 1.54) is 6.07 Å². The minimum Gasteiger partial charge on any atom is -0.466 e. The lowest BCUT2D eigenvalue weighted by atomic mass is 9.93. The Morgan fingerprint density at radius 1 is 1.30 bits per heavy atom. The molecule has 9 heteroatoms. The van der Waals surface area contributed by atoms with Crippen LogP contribution in [0.2, 0.25) is 0 Å². The molecule has 1 saturated carbocycles. The van der Waals surface area contributed by atoms with Gasteiger partial charge in [-0.2, -0.15) is 12.6 Å². The molecule has 1 aromatic carbocycles. The molecule has 7 nitrogen and oxygen atoms in total. The number of Topliss-reactive ketones (excluding diaryl/α,β-unsaturated/α-hetero) is 1. The van der Waals surface area contributed by atoms with Crippen LogP contribution in [0.5, 0.6) is 0 Å². The van der Waals surface area contributed by atoms with Crippen molar-refractivity contribution in [3.63, 3.8) is 0 Å². The molecular formula is C24H29FN4O3S. The second-order valence-electron chi connectivity index (χ2n) is 8.56. The lowest BCUT2D eigenvalue weighted by molar-refractivity contribution is -0.143. The van der Waals surface area contributed by atoms with E-state index in [0.29, 0.717) is 37.5 Å². The van der Waals surface area contributed by atoms with Crippen molar-refractivity contribution in [2.45, 2.75) is 50.4 Å². The van der Waals surface area contributed by atoms with Crippen LogP contribution >= 0.6 is 12.6 Å². The Kier molecular flexibility index (Phi) is 7.60. The Morgan fingerprint density at radius 3 is 2.82 bits per heavy atom. The second kappa shape index (κ2) is 10.6. The van der Waals surface area contributed by atoms with Crippen LogP contribution in [0.3, 0.4) is 0 Å². The van der Waals surface area contributed by atoms with E-state index < -0.39 is 6.04 Å². The summed E-state index contributed by atoms with van der Waals surface area (Å²) in [7, 11) is 0. The van der Waals surface area contributed by atoms with Gasteiger partial charge >= 0.3 is 5.97 Å². The summed E-state index contributed by atoms with van der Waals surface area (Å²) < 4.78 is 21.2. The van der Waals surface area contributed by atoms with Gasteiger partial charge in [-0.1, -0.05) is 23.4 Å². The fourth-order valence-electron chi connectivity index (χ4n) is 4.19. The van der Waals surface area contributed by atoms with Crippen molar-refractivity contribution in [1.29, 1.82) is 0 Å². The highest BCUT2D eigenvalue weighted by molar-refractivity contribution is 7.81. The van der Waals surface area contributed by atoms with Crippen LogP contribution in [-0.4, -0.2) is 56.6 Å². The number of carbonyl (C=O) groups excluding carboxylic acids is 2. The average Bonchev–Trinajstić information content (AvgIpc) is 3.56. The summed E-state index contributed by atoms with van der Waals surface area (Å²) in [5.74, 6) is -0.498. The molecule has 1 saturated heterocycles. The van der Waals surface area contributed by atoms with Crippen LogP contribution in [0, 0.1) is 11.7 Å². The SMILES string of the molecule is CCOC(=O)CCn1cc(/C=C2/CN(C(C(=O)C3CC3)c3ccccc3F)CCC2S)nn1. The number of aromatic nitrogens is 3. The summed E-state index contributed by atoms with van der Waals surface area (Å²) in [5.41, 5.74) is 2.11. The third-order valence-electron chi connectivity index (χ3n) is 6.06. The van der Waals surface area contributed by atoms with E-state index in [4.69, 9.17) is 17.4 Å². The number of piperidine rings is 1. The zero-order chi connectivity index (χ0) is 23.4. The van der Waals surface area contributed by atoms with Gasteiger partial charge in [0.05, 0.1) is 31.8 Å². The summed E-state index contributed by atoms with van der Waals surface area (Å²) in [5, 5.41) is 8.29. The Morgan fingerprint density at radius 2 is 2.09 bits per heavy atom. The molecular weight excluding hydrogens is 443 g/mol. The maximum Gasteiger partial charge on any atom is 0.307 e. The average molecular weight is 473 g/mol. The molecule has 1 aliphatic carbocycles. The zero-order valence-electron chi connectivity index (χ0n) is 18.7. The number of esters is 1. The standard InChI is InChI=1S/C24H29FN4O3S/c1-2-32-22(30)10-12-29-15-18(26-27-29)13-17-14-28(11-9-21(17)33)23(24(31)16-7-8-16)19-5-3-4-6-20(19)25/h3-6,13,15-16,21,23,33H,2,7-12,14H2,1H3/b17-13-. The Labute approximate surface area is 198 Å². The molecule has 2 unspecified atom stereocenters. The number of halogens is 1. The van der Waals surface area contributed by atoms with Crippen molar-refractivity contribution in [3.8, 4) is 0 Å². The number of likely N-dealkylation sites (tertiary alicyclic amines) is 1. The molecule has 2 atom stereocenters. The van der Waals surface area contributed by atoms with Gasteiger partial charge in [0.15, 0.2) is 5.78 Å². The molecule has 1 aliphatic heterocycles. The number of hydrogen-bond acceptors (Lipinski definition) is 7. The number of carbonyl (C=O) groups is 2. The highest BCUT2D eigenvalue weighted by Crippen LogP contribution is 2.39. The molecule has 0 spiro atoms. The summed E-state index contributed by atoms with van der Waals surface area (Å²) in [6, 6.07) is 5.96. The van der Waals surface area contributed by atoms with Crippen LogP contribution in [0.4, 0.5) is 4.39 Å². The number of thiol groups is 1. The molecule has 2 aliphatic rings. The van der Waals surface area contributed by atoms with E-state index in [1.54, 1.807) is 36.0 Å². The van der Waals surface area contributed by atoms with E-state index in [1.807, 2.05) is 6.08 Å². The summed E-state index contributed by atoms with van der Waals surface area (Å²) >= 11 is 4.74. The van der Waals surface area contributed by atoms with E-state index in [-0.39, 0.29) is 35.2 Å². The summed E-state index contributed by atoms with van der Waals surface area (Å²) in [6.07, 6.45) is 6.43. The van der Waals surface area contributed by atoms with Crippen molar-refractivity contribution >= 4 is 30.5 Å². The molecule has 33 heavy (non-hydrogen) atoms. The fourth-order valence-corrected chi connectivity index (χ4v) is 4.46. The highest BCUT2D eigenvalue weighted by Gasteiger charge is 2.40. The van der Waals surface area contributed by atoms with Crippen LogP contribution < -0.4 is 0 Å². The normalized spacial score (nSPS) is 21.2. The monoisotopic (exact) mass is 472 g/mol. The van der Waals surface area contributed by atoms with Gasteiger partial charge < -0.3 is 4.74 Å². The number of aryl methyl sites for hydroxylation is 1. The third-order valence-corrected chi connectivity index (χ3v) is 6.65. The number of ether oxygens (including phenoxy) is 1. The first-order valence-electron chi connectivity index (χ1n) is 11.4. The van der Waals surface area contributed by atoms with Crippen LogP contribution in [0.25, 0.3) is 6.08 Å². The molecule has 2 aromatic rings. The van der Waals surface area contributed by atoms with Crippen LogP contribution in [-0.2, 0) is 20.9 Å². The van der Waals surface area contributed by atoms with Gasteiger partial charge in [-0.3, -0.25) is 19.2 Å². The molecule has 1 aromatic heterocycles. The van der Waals surface area contributed by atoms with Crippen molar-refractivity contribution in [1.82, 2.24) is 19.9 Å². The zero-order valence-corrected chi connectivity index (χ0v) is 19.6. The van der Waals surface area contributed by atoms with Gasteiger partial charge in [0, 0.05) is 29.8 Å². The number of hydrogen-bond donors (Lipinski definition) is 1. The van der Waals surface area contributed by atoms with Gasteiger partial charge in [0.1, 0.15) is 11.5 Å². The lowest BCUT2D eigenvalue weighted by Gasteiger charge is -2.37. The Bertz CT molecular complexity index is 1040. The van der Waals surface area contributed by atoms with Gasteiger partial charge in [0.2, 0.25) is 0 Å². The highest BCUT2D eigenvalue weighted by atomic mass is 32.1. The van der Waals surface area contributed by atoms with Crippen molar-refractivity contribution in [2.24, 2.45) is 5.92 Å². The first-order chi connectivity index (χ1) is 16.0. The topological polar surface area (TPSA) is 77.3 Å². The first kappa shape index (κ1) is 23.6. The number of ketones is 1. The van der Waals surface area contributed by atoms with E-state index in [0.717, 1.165) is 24.8 Å². The maximum atomic E-state index is 14.7. The third kappa shape index (κ3) is 5.89.